The monoisotopic (exact) mass is 300 g/mol. The SMILES string of the molecule is CC(C)(C)n1c(-c2ccc(Cl)c(N)c2)nc2cnccc21. The zero-order valence-electron chi connectivity index (χ0n) is 12.3. The third-order valence-corrected chi connectivity index (χ3v) is 3.73. The Bertz CT molecular complexity index is 815. The number of anilines is 1. The molecule has 0 aliphatic carbocycles. The van der Waals surface area contributed by atoms with E-state index in [1.165, 1.54) is 0 Å². The van der Waals surface area contributed by atoms with Crippen LogP contribution in [0.3, 0.4) is 0 Å². The van der Waals surface area contributed by atoms with Gasteiger partial charge in [0.05, 0.1) is 22.4 Å². The number of rotatable bonds is 1. The molecule has 0 saturated carbocycles. The molecule has 2 aromatic heterocycles. The molecule has 0 atom stereocenters. The summed E-state index contributed by atoms with van der Waals surface area (Å²) in [5.74, 6) is 0.869. The lowest BCUT2D eigenvalue weighted by molar-refractivity contribution is 0.413. The van der Waals surface area contributed by atoms with Crippen molar-refractivity contribution in [3.8, 4) is 11.4 Å². The fourth-order valence-electron chi connectivity index (χ4n) is 2.49. The normalized spacial score (nSPS) is 12.0. The van der Waals surface area contributed by atoms with E-state index >= 15 is 0 Å². The van der Waals surface area contributed by atoms with Crippen LogP contribution in [0.25, 0.3) is 22.4 Å². The highest BCUT2D eigenvalue weighted by Crippen LogP contribution is 2.32. The van der Waals surface area contributed by atoms with Crippen molar-refractivity contribution in [3.05, 3.63) is 41.7 Å². The largest absolute Gasteiger partial charge is 0.398 e. The van der Waals surface area contributed by atoms with Gasteiger partial charge < -0.3 is 10.3 Å². The van der Waals surface area contributed by atoms with Gasteiger partial charge in [-0.05, 0) is 45.0 Å². The number of halogens is 1. The molecule has 0 spiro atoms. The summed E-state index contributed by atoms with van der Waals surface area (Å²) in [6.45, 7) is 6.45. The number of aromatic nitrogens is 3. The van der Waals surface area contributed by atoms with Crippen LogP contribution in [0.2, 0.25) is 5.02 Å². The van der Waals surface area contributed by atoms with Gasteiger partial charge in [-0.3, -0.25) is 4.98 Å². The van der Waals surface area contributed by atoms with E-state index in [2.05, 4.69) is 30.3 Å². The summed E-state index contributed by atoms with van der Waals surface area (Å²) in [6, 6.07) is 7.59. The second kappa shape index (κ2) is 4.74. The van der Waals surface area contributed by atoms with E-state index in [-0.39, 0.29) is 5.54 Å². The number of fused-ring (bicyclic) bond motifs is 1. The smallest absolute Gasteiger partial charge is 0.141 e. The van der Waals surface area contributed by atoms with Crippen molar-refractivity contribution in [2.45, 2.75) is 26.3 Å². The van der Waals surface area contributed by atoms with Crippen molar-refractivity contribution in [2.75, 3.05) is 5.73 Å². The van der Waals surface area contributed by atoms with E-state index in [0.29, 0.717) is 10.7 Å². The first-order chi connectivity index (χ1) is 9.88. The zero-order chi connectivity index (χ0) is 15.2. The summed E-state index contributed by atoms with van der Waals surface area (Å²) >= 11 is 6.01. The van der Waals surface area contributed by atoms with Gasteiger partial charge in [0, 0.05) is 17.3 Å². The van der Waals surface area contributed by atoms with Gasteiger partial charge in [0.1, 0.15) is 11.3 Å². The summed E-state index contributed by atoms with van der Waals surface area (Å²) < 4.78 is 2.20. The number of hydrogen-bond donors (Lipinski definition) is 1. The van der Waals surface area contributed by atoms with Crippen molar-refractivity contribution in [1.29, 1.82) is 0 Å². The molecule has 2 heterocycles. The number of pyridine rings is 1. The lowest BCUT2D eigenvalue weighted by Crippen LogP contribution is -2.22. The molecule has 21 heavy (non-hydrogen) atoms. The van der Waals surface area contributed by atoms with Crippen LogP contribution in [-0.2, 0) is 5.54 Å². The van der Waals surface area contributed by atoms with Crippen molar-refractivity contribution in [2.24, 2.45) is 0 Å². The second-order valence-electron chi connectivity index (χ2n) is 6.04. The van der Waals surface area contributed by atoms with Gasteiger partial charge in [0.15, 0.2) is 0 Å². The van der Waals surface area contributed by atoms with Crippen LogP contribution in [-0.4, -0.2) is 14.5 Å². The number of hydrogen-bond acceptors (Lipinski definition) is 3. The van der Waals surface area contributed by atoms with Crippen LogP contribution < -0.4 is 5.73 Å². The van der Waals surface area contributed by atoms with E-state index in [1.54, 1.807) is 18.5 Å². The van der Waals surface area contributed by atoms with Crippen LogP contribution in [0.1, 0.15) is 20.8 Å². The van der Waals surface area contributed by atoms with Crippen LogP contribution >= 0.6 is 11.6 Å². The molecule has 0 bridgehead atoms. The predicted octanol–water partition coefficient (Wildman–Crippen LogP) is 4.09. The highest BCUT2D eigenvalue weighted by molar-refractivity contribution is 6.33. The van der Waals surface area contributed by atoms with Crippen LogP contribution in [0.5, 0.6) is 0 Å². The molecule has 0 amide bonds. The summed E-state index contributed by atoms with van der Waals surface area (Å²) in [4.78, 5) is 8.88. The standard InChI is InChI=1S/C16H17ClN4/c1-16(2,3)21-14-6-7-19-9-13(14)20-15(21)10-4-5-11(17)12(18)8-10/h4-9H,18H2,1-3H3. The molecule has 2 N–H and O–H groups in total. The summed E-state index contributed by atoms with van der Waals surface area (Å²) in [6.07, 6.45) is 3.56. The molecule has 0 aliphatic rings. The topological polar surface area (TPSA) is 56.7 Å². The van der Waals surface area contributed by atoms with E-state index in [1.807, 2.05) is 18.2 Å². The highest BCUT2D eigenvalue weighted by atomic mass is 35.5. The minimum absolute atomic E-state index is 0.111. The first-order valence-corrected chi connectivity index (χ1v) is 7.14. The molecule has 0 aliphatic heterocycles. The lowest BCUT2D eigenvalue weighted by atomic mass is 10.1. The lowest BCUT2D eigenvalue weighted by Gasteiger charge is -2.24. The van der Waals surface area contributed by atoms with Gasteiger partial charge in [-0.2, -0.15) is 0 Å². The first kappa shape index (κ1) is 13.9. The summed E-state index contributed by atoms with van der Waals surface area (Å²) in [5, 5.41) is 0.554. The minimum Gasteiger partial charge on any atom is -0.398 e. The molecule has 0 radical (unpaired) electrons. The first-order valence-electron chi connectivity index (χ1n) is 6.76. The maximum absolute atomic E-state index is 6.01. The predicted molar refractivity (Wildman–Crippen MR) is 87.4 cm³/mol. The van der Waals surface area contributed by atoms with Crippen molar-refractivity contribution >= 4 is 28.3 Å². The minimum atomic E-state index is -0.111. The Balaban J connectivity index is 2.33. The van der Waals surface area contributed by atoms with Crippen LogP contribution in [0.4, 0.5) is 5.69 Å². The number of nitrogens with two attached hydrogens (primary N) is 1. The number of imidazole rings is 1. The fourth-order valence-corrected chi connectivity index (χ4v) is 2.61. The average molecular weight is 301 g/mol. The Morgan fingerprint density at radius 3 is 2.62 bits per heavy atom. The molecule has 0 unspecified atom stereocenters. The highest BCUT2D eigenvalue weighted by Gasteiger charge is 2.22. The number of nitrogen functional groups attached to an aromatic ring is 1. The van der Waals surface area contributed by atoms with Gasteiger partial charge in [0.2, 0.25) is 0 Å². The van der Waals surface area contributed by atoms with Gasteiger partial charge in [-0.15, -0.1) is 0 Å². The Hall–Kier alpha value is -2.07. The maximum atomic E-state index is 6.01. The molecule has 3 rings (SSSR count). The van der Waals surface area contributed by atoms with Gasteiger partial charge >= 0.3 is 0 Å². The van der Waals surface area contributed by atoms with Crippen molar-refractivity contribution in [1.82, 2.24) is 14.5 Å². The van der Waals surface area contributed by atoms with E-state index in [0.717, 1.165) is 22.4 Å². The quantitative estimate of drug-likeness (QED) is 0.689. The van der Waals surface area contributed by atoms with Crippen LogP contribution in [0.15, 0.2) is 36.7 Å². The van der Waals surface area contributed by atoms with Crippen molar-refractivity contribution < 1.29 is 0 Å². The molecular formula is C16H17ClN4. The second-order valence-corrected chi connectivity index (χ2v) is 6.45. The molecule has 0 saturated heterocycles. The van der Waals surface area contributed by atoms with E-state index in [4.69, 9.17) is 22.3 Å². The molecule has 0 fully saturated rings. The molecule has 4 nitrogen and oxygen atoms in total. The van der Waals surface area contributed by atoms with Gasteiger partial charge in [0.25, 0.3) is 0 Å². The van der Waals surface area contributed by atoms with Crippen molar-refractivity contribution in [3.63, 3.8) is 0 Å². The summed E-state index contributed by atoms with van der Waals surface area (Å²) in [7, 11) is 0. The van der Waals surface area contributed by atoms with Gasteiger partial charge in [-0.25, -0.2) is 4.98 Å². The van der Waals surface area contributed by atoms with E-state index in [9.17, 15) is 0 Å². The zero-order valence-corrected chi connectivity index (χ0v) is 13.0. The molecule has 1 aromatic carbocycles. The Morgan fingerprint density at radius 1 is 1.19 bits per heavy atom. The third-order valence-electron chi connectivity index (χ3n) is 3.38. The molecule has 3 aromatic rings. The Morgan fingerprint density at radius 2 is 1.95 bits per heavy atom. The average Bonchev–Trinajstić information content (AvgIpc) is 2.81. The Kier molecular flexibility index (Phi) is 3.14. The molecular weight excluding hydrogens is 284 g/mol. The van der Waals surface area contributed by atoms with Gasteiger partial charge in [-0.1, -0.05) is 11.6 Å². The van der Waals surface area contributed by atoms with Crippen LogP contribution in [0, 0.1) is 0 Å². The summed E-state index contributed by atoms with van der Waals surface area (Å²) in [5.41, 5.74) is 9.25. The van der Waals surface area contributed by atoms with E-state index < -0.39 is 0 Å². The molecule has 5 heteroatoms. The maximum Gasteiger partial charge on any atom is 0.141 e. The Labute approximate surface area is 128 Å². The number of nitrogens with zero attached hydrogens (tertiary/aromatic N) is 3. The fraction of sp³-hybridized carbons (Fsp3) is 0.250. The molecule has 108 valence electrons. The number of benzene rings is 1. The third kappa shape index (κ3) is 2.36.